The Morgan fingerprint density at radius 1 is 1.30 bits per heavy atom. The highest BCUT2D eigenvalue weighted by Gasteiger charge is 2.26. The summed E-state index contributed by atoms with van der Waals surface area (Å²) in [5.41, 5.74) is 0.752. The number of benzene rings is 2. The Hall–Kier alpha value is -3.45. The Labute approximate surface area is 159 Å². The van der Waals surface area contributed by atoms with E-state index in [1.54, 1.807) is 36.4 Å². The number of ether oxygens (including phenoxy) is 2. The first kappa shape index (κ1) is 18.3. The van der Waals surface area contributed by atoms with Crippen molar-refractivity contribution in [3.8, 4) is 5.75 Å². The van der Waals surface area contributed by atoms with Crippen LogP contribution in [0.5, 0.6) is 5.75 Å². The van der Waals surface area contributed by atoms with Crippen molar-refractivity contribution < 1.29 is 19.2 Å². The number of carbonyl (C=O) groups excluding carboxylic acids is 1. The molecule has 0 amide bonds. The van der Waals surface area contributed by atoms with Gasteiger partial charge in [0, 0.05) is 11.6 Å². The smallest absolute Gasteiger partial charge is 0.363 e. The van der Waals surface area contributed by atoms with E-state index in [-0.39, 0.29) is 27.9 Å². The van der Waals surface area contributed by atoms with Crippen LogP contribution in [0.2, 0.25) is 5.02 Å². The molecule has 136 valence electrons. The third-order valence-corrected chi connectivity index (χ3v) is 3.86. The zero-order chi connectivity index (χ0) is 19.4. The summed E-state index contributed by atoms with van der Waals surface area (Å²) in [5, 5.41) is 11.0. The van der Waals surface area contributed by atoms with E-state index >= 15 is 0 Å². The SMILES string of the molecule is C=CCOc1cccc(/C=C2\N=C(c3ccc(Cl)c([N+](=O)[O-])c3)OC2=O)c1. The molecule has 3 rings (SSSR count). The molecule has 0 N–H and O–H groups in total. The Kier molecular flexibility index (Phi) is 5.33. The fraction of sp³-hybridized carbons (Fsp3) is 0.0526. The highest BCUT2D eigenvalue weighted by Crippen LogP contribution is 2.27. The Bertz CT molecular complexity index is 997. The van der Waals surface area contributed by atoms with Crippen molar-refractivity contribution in [2.45, 2.75) is 0 Å². The molecule has 0 aliphatic carbocycles. The van der Waals surface area contributed by atoms with Crippen molar-refractivity contribution in [3.05, 3.63) is 87.1 Å². The van der Waals surface area contributed by atoms with Crippen LogP contribution < -0.4 is 4.74 Å². The van der Waals surface area contributed by atoms with E-state index in [9.17, 15) is 14.9 Å². The summed E-state index contributed by atoms with van der Waals surface area (Å²) in [6.07, 6.45) is 3.17. The molecular formula is C19H13ClN2O5. The molecule has 2 aromatic rings. The minimum Gasteiger partial charge on any atom is -0.490 e. The molecule has 0 atom stereocenters. The van der Waals surface area contributed by atoms with Crippen LogP contribution in [0.1, 0.15) is 11.1 Å². The van der Waals surface area contributed by atoms with E-state index in [1.165, 1.54) is 18.2 Å². The van der Waals surface area contributed by atoms with Gasteiger partial charge in [-0.25, -0.2) is 9.79 Å². The van der Waals surface area contributed by atoms with E-state index < -0.39 is 10.9 Å². The largest absolute Gasteiger partial charge is 0.490 e. The molecule has 0 aromatic heterocycles. The second-order valence-electron chi connectivity index (χ2n) is 5.43. The summed E-state index contributed by atoms with van der Waals surface area (Å²) in [7, 11) is 0. The Morgan fingerprint density at radius 2 is 2.11 bits per heavy atom. The second-order valence-corrected chi connectivity index (χ2v) is 5.84. The second kappa shape index (κ2) is 7.84. The van der Waals surface area contributed by atoms with E-state index in [0.29, 0.717) is 17.9 Å². The number of nitrogens with zero attached hydrogens (tertiary/aromatic N) is 2. The van der Waals surface area contributed by atoms with Gasteiger partial charge in [-0.3, -0.25) is 10.1 Å². The molecule has 8 heteroatoms. The van der Waals surface area contributed by atoms with Gasteiger partial charge in [0.05, 0.1) is 4.92 Å². The molecule has 0 unspecified atom stereocenters. The van der Waals surface area contributed by atoms with Crippen LogP contribution >= 0.6 is 11.6 Å². The Morgan fingerprint density at radius 3 is 2.85 bits per heavy atom. The summed E-state index contributed by atoms with van der Waals surface area (Å²) in [4.78, 5) is 26.6. The third-order valence-electron chi connectivity index (χ3n) is 3.54. The van der Waals surface area contributed by atoms with Crippen molar-refractivity contribution >= 4 is 35.2 Å². The number of hydrogen-bond donors (Lipinski definition) is 0. The highest BCUT2D eigenvalue weighted by molar-refractivity contribution is 6.32. The van der Waals surface area contributed by atoms with Gasteiger partial charge >= 0.3 is 5.97 Å². The lowest BCUT2D eigenvalue weighted by Crippen LogP contribution is -2.06. The van der Waals surface area contributed by atoms with Crippen molar-refractivity contribution in [2.24, 2.45) is 4.99 Å². The molecule has 7 nitrogen and oxygen atoms in total. The van der Waals surface area contributed by atoms with Gasteiger partial charge in [0.1, 0.15) is 17.4 Å². The van der Waals surface area contributed by atoms with E-state index in [0.717, 1.165) is 0 Å². The maximum atomic E-state index is 12.1. The normalized spacial score (nSPS) is 14.6. The molecule has 0 saturated heterocycles. The van der Waals surface area contributed by atoms with Crippen LogP contribution in [0.25, 0.3) is 6.08 Å². The van der Waals surface area contributed by atoms with Crippen LogP contribution in [0.15, 0.2) is 65.8 Å². The van der Waals surface area contributed by atoms with E-state index in [1.807, 2.05) is 0 Å². The first-order valence-corrected chi connectivity index (χ1v) is 8.16. The predicted octanol–water partition coefficient (Wildman–Crippen LogP) is 4.16. The molecule has 0 fully saturated rings. The average molecular weight is 385 g/mol. The van der Waals surface area contributed by atoms with Gasteiger partial charge in [-0.05, 0) is 35.9 Å². The number of carbonyl (C=O) groups is 1. The molecule has 27 heavy (non-hydrogen) atoms. The third kappa shape index (κ3) is 4.21. The zero-order valence-corrected chi connectivity index (χ0v) is 14.7. The average Bonchev–Trinajstić information content (AvgIpc) is 3.01. The molecule has 0 radical (unpaired) electrons. The lowest BCUT2D eigenvalue weighted by atomic mass is 10.2. The summed E-state index contributed by atoms with van der Waals surface area (Å²) in [5.74, 6) is -0.0572. The quantitative estimate of drug-likeness (QED) is 0.245. The van der Waals surface area contributed by atoms with Crippen molar-refractivity contribution in [1.82, 2.24) is 0 Å². The molecule has 0 bridgehead atoms. The van der Waals surface area contributed by atoms with Crippen LogP contribution in [0.3, 0.4) is 0 Å². The van der Waals surface area contributed by atoms with Gasteiger partial charge in [-0.1, -0.05) is 36.4 Å². The number of cyclic esters (lactones) is 1. The first-order chi connectivity index (χ1) is 13.0. The maximum absolute atomic E-state index is 12.1. The number of nitro groups is 1. The molecule has 0 saturated carbocycles. The van der Waals surface area contributed by atoms with Crippen LogP contribution in [-0.2, 0) is 9.53 Å². The standard InChI is InChI=1S/C19H13ClN2O5/c1-2-8-26-14-5-3-4-12(9-14)10-16-19(23)27-18(21-16)13-6-7-15(20)17(11-13)22(24)25/h2-7,9-11H,1,8H2/b16-10-. The minimum absolute atomic E-state index is 0.0132. The van der Waals surface area contributed by atoms with Crippen molar-refractivity contribution in [1.29, 1.82) is 0 Å². The number of aliphatic imine (C=N–C) groups is 1. The Balaban J connectivity index is 1.90. The molecule has 1 heterocycles. The molecule has 0 spiro atoms. The fourth-order valence-corrected chi connectivity index (χ4v) is 2.51. The van der Waals surface area contributed by atoms with Gasteiger partial charge in [-0.2, -0.15) is 0 Å². The van der Waals surface area contributed by atoms with Gasteiger partial charge in [-0.15, -0.1) is 0 Å². The number of hydrogen-bond acceptors (Lipinski definition) is 6. The van der Waals surface area contributed by atoms with Crippen molar-refractivity contribution in [3.63, 3.8) is 0 Å². The first-order valence-electron chi connectivity index (χ1n) is 7.78. The summed E-state index contributed by atoms with van der Waals surface area (Å²) in [6, 6.07) is 11.1. The van der Waals surface area contributed by atoms with Crippen LogP contribution in [-0.4, -0.2) is 23.4 Å². The van der Waals surface area contributed by atoms with Crippen molar-refractivity contribution in [2.75, 3.05) is 6.61 Å². The van der Waals surface area contributed by atoms with E-state index in [4.69, 9.17) is 21.1 Å². The topological polar surface area (TPSA) is 91.0 Å². The van der Waals surface area contributed by atoms with Crippen LogP contribution in [0.4, 0.5) is 5.69 Å². The van der Waals surface area contributed by atoms with Gasteiger partial charge in [0.2, 0.25) is 5.90 Å². The lowest BCUT2D eigenvalue weighted by Gasteiger charge is -2.03. The number of nitro benzene ring substituents is 1. The summed E-state index contributed by atoms with van der Waals surface area (Å²) in [6.45, 7) is 3.95. The molecule has 1 aliphatic rings. The molecule has 1 aliphatic heterocycles. The van der Waals surface area contributed by atoms with Gasteiger partial charge < -0.3 is 9.47 Å². The zero-order valence-electron chi connectivity index (χ0n) is 13.9. The van der Waals surface area contributed by atoms with Crippen LogP contribution in [0, 0.1) is 10.1 Å². The maximum Gasteiger partial charge on any atom is 0.363 e. The number of halogens is 1. The predicted molar refractivity (Wildman–Crippen MR) is 101 cm³/mol. The minimum atomic E-state index is -0.653. The monoisotopic (exact) mass is 384 g/mol. The van der Waals surface area contributed by atoms with Gasteiger partial charge in [0.15, 0.2) is 5.70 Å². The summed E-state index contributed by atoms with van der Waals surface area (Å²) >= 11 is 5.79. The number of rotatable bonds is 6. The lowest BCUT2D eigenvalue weighted by molar-refractivity contribution is -0.384. The highest BCUT2D eigenvalue weighted by atomic mass is 35.5. The molecule has 2 aromatic carbocycles. The molecular weight excluding hydrogens is 372 g/mol. The summed E-state index contributed by atoms with van der Waals surface area (Å²) < 4.78 is 10.6. The van der Waals surface area contributed by atoms with E-state index in [2.05, 4.69) is 11.6 Å². The van der Waals surface area contributed by atoms with Gasteiger partial charge in [0.25, 0.3) is 5.69 Å². The fourth-order valence-electron chi connectivity index (χ4n) is 2.33. The number of esters is 1.